The maximum atomic E-state index is 14.9. The molecule has 1 aliphatic rings. The number of rotatable bonds is 7. The fourth-order valence-electron chi connectivity index (χ4n) is 3.81. The van der Waals surface area contributed by atoms with Crippen molar-refractivity contribution in [3.05, 3.63) is 65.5 Å². The van der Waals surface area contributed by atoms with Gasteiger partial charge < -0.3 is 14.5 Å². The van der Waals surface area contributed by atoms with Crippen molar-refractivity contribution in [3.8, 4) is 5.75 Å². The van der Waals surface area contributed by atoms with Gasteiger partial charge in [0.1, 0.15) is 17.7 Å². The molecule has 162 valence electrons. The van der Waals surface area contributed by atoms with Crippen LogP contribution in [0.3, 0.4) is 0 Å². The third kappa shape index (κ3) is 6.02. The van der Waals surface area contributed by atoms with E-state index in [9.17, 15) is 13.6 Å². The minimum absolute atomic E-state index is 0.0783. The number of halogens is 2. The van der Waals surface area contributed by atoms with E-state index in [2.05, 4.69) is 0 Å². The molecule has 1 heterocycles. The van der Waals surface area contributed by atoms with Crippen LogP contribution < -0.4 is 4.74 Å². The van der Waals surface area contributed by atoms with E-state index in [0.717, 1.165) is 23.4 Å². The molecule has 0 aliphatic carbocycles. The summed E-state index contributed by atoms with van der Waals surface area (Å²) in [6.45, 7) is 5.22. The highest BCUT2D eigenvalue weighted by molar-refractivity contribution is 5.79. The lowest BCUT2D eigenvalue weighted by molar-refractivity contribution is -0.136. The summed E-state index contributed by atoms with van der Waals surface area (Å²) in [5.41, 5.74) is 1.64. The summed E-state index contributed by atoms with van der Waals surface area (Å²) >= 11 is 0. The quantitative estimate of drug-likeness (QED) is 0.677. The van der Waals surface area contributed by atoms with E-state index in [1.807, 2.05) is 50.1 Å². The summed E-state index contributed by atoms with van der Waals surface area (Å²) in [7, 11) is 1.88. The maximum Gasteiger partial charge on any atom is 0.227 e. The number of alkyl halides is 1. The Hall–Kier alpha value is -2.47. The summed E-state index contributed by atoms with van der Waals surface area (Å²) in [6.07, 6.45) is -0.280. The van der Waals surface area contributed by atoms with E-state index in [1.54, 1.807) is 17.0 Å². The van der Waals surface area contributed by atoms with E-state index in [1.165, 1.54) is 12.1 Å². The summed E-state index contributed by atoms with van der Waals surface area (Å²) in [6, 6.07) is 13.0. The number of nitrogens with zero attached hydrogens (tertiary/aromatic N) is 2. The largest absolute Gasteiger partial charge is 0.491 e. The first-order valence-electron chi connectivity index (χ1n) is 10.4. The van der Waals surface area contributed by atoms with Gasteiger partial charge in [-0.15, -0.1) is 0 Å². The third-order valence-corrected chi connectivity index (χ3v) is 5.35. The van der Waals surface area contributed by atoms with Gasteiger partial charge >= 0.3 is 0 Å². The predicted octanol–water partition coefficient (Wildman–Crippen LogP) is 4.23. The van der Waals surface area contributed by atoms with Gasteiger partial charge in [0.15, 0.2) is 0 Å². The van der Waals surface area contributed by atoms with Crippen LogP contribution in [0.4, 0.5) is 8.78 Å². The first-order valence-corrected chi connectivity index (χ1v) is 10.4. The summed E-state index contributed by atoms with van der Waals surface area (Å²) in [5, 5.41) is 0. The zero-order chi connectivity index (χ0) is 21.7. The van der Waals surface area contributed by atoms with Crippen LogP contribution >= 0.6 is 0 Å². The molecule has 0 saturated carbocycles. The van der Waals surface area contributed by atoms with E-state index in [4.69, 9.17) is 4.74 Å². The monoisotopic (exact) mass is 416 g/mol. The molecule has 6 heteroatoms. The molecule has 1 saturated heterocycles. The standard InChI is InChI=1S/C24H30F2N2O2/c1-17(2)30-21-10-6-18(7-11-21)14-24(29)28(15-19-4-8-20(25)9-5-19)23-12-13-27(3)16-22(23)26/h4-11,17,22-23H,12-16H2,1-3H3/t22-,23+/m1/s1. The average Bonchev–Trinajstić information content (AvgIpc) is 2.69. The van der Waals surface area contributed by atoms with Gasteiger partial charge in [0.2, 0.25) is 5.91 Å². The van der Waals surface area contributed by atoms with Crippen molar-refractivity contribution in [3.63, 3.8) is 0 Å². The minimum Gasteiger partial charge on any atom is -0.491 e. The second kappa shape index (κ2) is 10.0. The first-order chi connectivity index (χ1) is 14.3. The van der Waals surface area contributed by atoms with Crippen LogP contribution in [-0.4, -0.2) is 54.2 Å². The Balaban J connectivity index is 1.76. The van der Waals surface area contributed by atoms with Gasteiger partial charge in [-0.3, -0.25) is 4.79 Å². The summed E-state index contributed by atoms with van der Waals surface area (Å²) in [5.74, 6) is 0.292. The van der Waals surface area contributed by atoms with Gasteiger partial charge in [0, 0.05) is 19.6 Å². The number of amides is 1. The Kier molecular flexibility index (Phi) is 7.43. The number of carbonyl (C=O) groups is 1. The van der Waals surface area contributed by atoms with Gasteiger partial charge in [0.05, 0.1) is 18.6 Å². The van der Waals surface area contributed by atoms with Crippen LogP contribution in [0.5, 0.6) is 5.75 Å². The average molecular weight is 417 g/mol. The van der Waals surface area contributed by atoms with E-state index < -0.39 is 12.2 Å². The zero-order valence-corrected chi connectivity index (χ0v) is 17.9. The van der Waals surface area contributed by atoms with E-state index in [0.29, 0.717) is 13.0 Å². The molecule has 0 radical (unpaired) electrons. The molecule has 0 bridgehead atoms. The lowest BCUT2D eigenvalue weighted by Gasteiger charge is -2.39. The molecule has 1 amide bonds. The first kappa shape index (κ1) is 22.2. The topological polar surface area (TPSA) is 32.8 Å². The predicted molar refractivity (Wildman–Crippen MR) is 114 cm³/mol. The Labute approximate surface area is 177 Å². The van der Waals surface area contributed by atoms with E-state index in [-0.39, 0.29) is 30.8 Å². The van der Waals surface area contributed by atoms with Crippen molar-refractivity contribution >= 4 is 5.91 Å². The molecule has 0 unspecified atom stereocenters. The fraction of sp³-hybridized carbons (Fsp3) is 0.458. The molecule has 2 aromatic rings. The SMILES string of the molecule is CC(C)Oc1ccc(CC(=O)N(Cc2ccc(F)cc2)[C@H]2CCN(C)C[C@H]2F)cc1. The van der Waals surface area contributed by atoms with Gasteiger partial charge in [-0.25, -0.2) is 8.78 Å². The molecule has 0 N–H and O–H groups in total. The van der Waals surface area contributed by atoms with Crippen molar-refractivity contribution in [1.29, 1.82) is 0 Å². The van der Waals surface area contributed by atoms with Crippen LogP contribution in [0.1, 0.15) is 31.4 Å². The lowest BCUT2D eigenvalue weighted by Crippen LogP contribution is -2.53. The van der Waals surface area contributed by atoms with Gasteiger partial charge in [-0.2, -0.15) is 0 Å². The summed E-state index contributed by atoms with van der Waals surface area (Å²) < 4.78 is 33.8. The Morgan fingerprint density at radius 1 is 1.13 bits per heavy atom. The van der Waals surface area contributed by atoms with Gasteiger partial charge in [0.25, 0.3) is 0 Å². The number of ether oxygens (including phenoxy) is 1. The zero-order valence-electron chi connectivity index (χ0n) is 17.9. The molecule has 2 aromatic carbocycles. The Bertz CT molecular complexity index is 824. The molecular formula is C24H30F2N2O2. The number of likely N-dealkylation sites (tertiary alicyclic amines) is 1. The van der Waals surface area contributed by atoms with Crippen LogP contribution in [0.15, 0.2) is 48.5 Å². The van der Waals surface area contributed by atoms with Crippen molar-refractivity contribution < 1.29 is 18.3 Å². The highest BCUT2D eigenvalue weighted by atomic mass is 19.1. The van der Waals surface area contributed by atoms with E-state index >= 15 is 0 Å². The van der Waals surface area contributed by atoms with Crippen molar-refractivity contribution in [2.24, 2.45) is 0 Å². The highest BCUT2D eigenvalue weighted by Crippen LogP contribution is 2.23. The maximum absolute atomic E-state index is 14.9. The molecule has 3 rings (SSSR count). The molecular weight excluding hydrogens is 386 g/mol. The van der Waals surface area contributed by atoms with Crippen molar-refractivity contribution in [1.82, 2.24) is 9.80 Å². The molecule has 30 heavy (non-hydrogen) atoms. The van der Waals surface area contributed by atoms with Gasteiger partial charge in [-0.1, -0.05) is 24.3 Å². The number of carbonyl (C=O) groups excluding carboxylic acids is 1. The third-order valence-electron chi connectivity index (χ3n) is 5.35. The van der Waals surface area contributed by atoms with Crippen LogP contribution in [0, 0.1) is 5.82 Å². The van der Waals surface area contributed by atoms with Crippen molar-refractivity contribution in [2.75, 3.05) is 20.1 Å². The second-order valence-corrected chi connectivity index (χ2v) is 8.27. The molecule has 1 fully saturated rings. The second-order valence-electron chi connectivity index (χ2n) is 8.27. The Morgan fingerprint density at radius 2 is 1.77 bits per heavy atom. The van der Waals surface area contributed by atoms with Crippen molar-refractivity contribution in [2.45, 2.75) is 51.6 Å². The number of piperidine rings is 1. The fourth-order valence-corrected chi connectivity index (χ4v) is 3.81. The van der Waals surface area contributed by atoms with Crippen LogP contribution in [-0.2, 0) is 17.8 Å². The van der Waals surface area contributed by atoms with Crippen LogP contribution in [0.2, 0.25) is 0 Å². The molecule has 0 spiro atoms. The normalized spacial score (nSPS) is 19.7. The highest BCUT2D eigenvalue weighted by Gasteiger charge is 2.34. The minimum atomic E-state index is -1.12. The number of hydrogen-bond acceptors (Lipinski definition) is 3. The molecule has 4 nitrogen and oxygen atoms in total. The molecule has 1 aliphatic heterocycles. The number of hydrogen-bond donors (Lipinski definition) is 0. The number of benzene rings is 2. The van der Waals surface area contributed by atoms with Gasteiger partial charge in [-0.05, 0) is 62.7 Å². The lowest BCUT2D eigenvalue weighted by atomic mass is 9.99. The van der Waals surface area contributed by atoms with Crippen LogP contribution in [0.25, 0.3) is 0 Å². The Morgan fingerprint density at radius 3 is 2.37 bits per heavy atom. The smallest absolute Gasteiger partial charge is 0.227 e. The summed E-state index contributed by atoms with van der Waals surface area (Å²) in [4.78, 5) is 16.8. The molecule has 2 atom stereocenters. The molecule has 0 aromatic heterocycles.